The first-order valence-electron chi connectivity index (χ1n) is 6.46. The molecule has 17 heavy (non-hydrogen) atoms. The summed E-state index contributed by atoms with van der Waals surface area (Å²) in [6.45, 7) is 10.00. The molecule has 0 radical (unpaired) electrons. The summed E-state index contributed by atoms with van der Waals surface area (Å²) in [5.74, 6) is -0.0247. The highest BCUT2D eigenvalue weighted by Gasteiger charge is 2.14. The average molecular weight is 243 g/mol. The molecule has 1 rings (SSSR count). The predicted octanol–water partition coefficient (Wildman–Crippen LogP) is -0.223. The Morgan fingerprint density at radius 1 is 1.24 bits per heavy atom. The van der Waals surface area contributed by atoms with E-state index in [-0.39, 0.29) is 12.5 Å². The van der Waals surface area contributed by atoms with Gasteiger partial charge in [-0.3, -0.25) is 4.79 Å². The summed E-state index contributed by atoms with van der Waals surface area (Å²) in [4.78, 5) is 16.1. The molecule has 0 bridgehead atoms. The first-order valence-corrected chi connectivity index (χ1v) is 6.46. The molecule has 5 heteroatoms. The molecule has 1 aliphatic heterocycles. The summed E-state index contributed by atoms with van der Waals surface area (Å²) >= 11 is 0. The molecule has 0 atom stereocenters. The van der Waals surface area contributed by atoms with Crippen molar-refractivity contribution in [2.45, 2.75) is 13.3 Å². The second-order valence-corrected chi connectivity index (χ2v) is 4.41. The summed E-state index contributed by atoms with van der Waals surface area (Å²) in [6, 6.07) is 0. The number of carbonyl (C=O) groups is 1. The van der Waals surface area contributed by atoms with E-state index in [0.717, 1.165) is 39.1 Å². The molecule has 1 N–H and O–H groups in total. The molecule has 0 unspecified atom stereocenters. The van der Waals surface area contributed by atoms with Gasteiger partial charge in [-0.2, -0.15) is 0 Å². The molecular weight excluding hydrogens is 218 g/mol. The minimum absolute atomic E-state index is 0.0247. The maximum absolute atomic E-state index is 11.1. The Kier molecular flexibility index (Phi) is 7.16. The van der Waals surface area contributed by atoms with Crippen molar-refractivity contribution < 1.29 is 9.53 Å². The van der Waals surface area contributed by atoms with Gasteiger partial charge >= 0.3 is 0 Å². The van der Waals surface area contributed by atoms with E-state index in [4.69, 9.17) is 4.74 Å². The van der Waals surface area contributed by atoms with E-state index in [9.17, 15) is 4.79 Å². The van der Waals surface area contributed by atoms with Crippen molar-refractivity contribution in [3.63, 3.8) is 0 Å². The largest absolute Gasteiger partial charge is 0.375 e. The quantitative estimate of drug-likeness (QED) is 0.628. The number of piperazine rings is 1. The summed E-state index contributed by atoms with van der Waals surface area (Å²) in [7, 11) is 1.53. The zero-order chi connectivity index (χ0) is 12.5. The van der Waals surface area contributed by atoms with E-state index in [1.54, 1.807) is 0 Å². The van der Waals surface area contributed by atoms with Crippen molar-refractivity contribution in [3.8, 4) is 0 Å². The third-order valence-electron chi connectivity index (χ3n) is 3.16. The number of likely N-dealkylation sites (N-methyl/N-ethyl adjacent to an activating group) is 1. The van der Waals surface area contributed by atoms with Crippen LogP contribution in [0.3, 0.4) is 0 Å². The lowest BCUT2D eigenvalue weighted by molar-refractivity contribution is -0.124. The number of nitrogens with zero attached hydrogens (tertiary/aromatic N) is 2. The van der Waals surface area contributed by atoms with Crippen LogP contribution in [0.2, 0.25) is 0 Å². The Morgan fingerprint density at radius 2 is 1.88 bits per heavy atom. The molecule has 0 aromatic carbocycles. The van der Waals surface area contributed by atoms with Gasteiger partial charge in [0.25, 0.3) is 0 Å². The number of hydrogen-bond acceptors (Lipinski definition) is 4. The highest BCUT2D eigenvalue weighted by molar-refractivity contribution is 5.77. The predicted molar refractivity (Wildman–Crippen MR) is 68.1 cm³/mol. The van der Waals surface area contributed by atoms with Crippen molar-refractivity contribution in [2.24, 2.45) is 0 Å². The van der Waals surface area contributed by atoms with Gasteiger partial charge in [-0.1, -0.05) is 6.92 Å². The van der Waals surface area contributed by atoms with Gasteiger partial charge in [-0.25, -0.2) is 0 Å². The van der Waals surface area contributed by atoms with Crippen LogP contribution in [-0.4, -0.2) is 75.2 Å². The van der Waals surface area contributed by atoms with Gasteiger partial charge in [0.05, 0.1) is 0 Å². The lowest BCUT2D eigenvalue weighted by atomic mass is 10.3. The smallest absolute Gasteiger partial charge is 0.245 e. The molecule has 1 fully saturated rings. The zero-order valence-electron chi connectivity index (χ0n) is 11.1. The van der Waals surface area contributed by atoms with Crippen LogP contribution in [0.15, 0.2) is 0 Å². The number of amides is 1. The summed E-state index contributed by atoms with van der Waals surface area (Å²) in [5, 5.41) is 2.84. The van der Waals surface area contributed by atoms with Crippen LogP contribution in [0.25, 0.3) is 0 Å². The van der Waals surface area contributed by atoms with Crippen molar-refractivity contribution in [1.29, 1.82) is 0 Å². The molecule has 0 spiro atoms. The number of hydrogen-bond donors (Lipinski definition) is 1. The second kappa shape index (κ2) is 8.44. The van der Waals surface area contributed by atoms with Crippen LogP contribution in [0, 0.1) is 0 Å². The van der Waals surface area contributed by atoms with E-state index in [2.05, 4.69) is 22.0 Å². The Labute approximate surface area is 104 Å². The maximum atomic E-state index is 11.1. The first-order chi connectivity index (χ1) is 8.26. The molecule has 1 saturated heterocycles. The fourth-order valence-corrected chi connectivity index (χ4v) is 2.04. The second-order valence-electron chi connectivity index (χ2n) is 4.41. The number of methoxy groups -OCH3 is 1. The lowest BCUT2D eigenvalue weighted by Gasteiger charge is -2.33. The van der Waals surface area contributed by atoms with Crippen molar-refractivity contribution in [1.82, 2.24) is 15.1 Å². The Bertz CT molecular complexity index is 216. The minimum atomic E-state index is -0.0247. The van der Waals surface area contributed by atoms with Crippen LogP contribution >= 0.6 is 0 Å². The summed E-state index contributed by atoms with van der Waals surface area (Å²) < 4.78 is 4.75. The number of carbonyl (C=O) groups excluding carboxylic acids is 1. The third kappa shape index (κ3) is 6.00. The third-order valence-corrected chi connectivity index (χ3v) is 3.16. The van der Waals surface area contributed by atoms with Gasteiger partial charge in [0.1, 0.15) is 6.61 Å². The Morgan fingerprint density at radius 3 is 2.47 bits per heavy atom. The van der Waals surface area contributed by atoms with Crippen LogP contribution in [0.1, 0.15) is 13.3 Å². The molecule has 1 heterocycles. The molecule has 0 aliphatic carbocycles. The lowest BCUT2D eigenvalue weighted by Crippen LogP contribution is -2.46. The Hall–Kier alpha value is -0.650. The highest BCUT2D eigenvalue weighted by atomic mass is 16.5. The van der Waals surface area contributed by atoms with E-state index in [1.165, 1.54) is 20.2 Å². The van der Waals surface area contributed by atoms with Crippen molar-refractivity contribution in [2.75, 3.05) is 59.5 Å². The van der Waals surface area contributed by atoms with Gasteiger partial charge in [0.2, 0.25) is 5.91 Å². The molecule has 100 valence electrons. The number of rotatable bonds is 7. The normalized spacial score (nSPS) is 18.2. The van der Waals surface area contributed by atoms with Crippen molar-refractivity contribution in [3.05, 3.63) is 0 Å². The molecule has 1 amide bonds. The molecule has 0 aromatic rings. The highest BCUT2D eigenvalue weighted by Crippen LogP contribution is 2.01. The molecule has 1 aliphatic rings. The van der Waals surface area contributed by atoms with E-state index in [1.807, 2.05) is 0 Å². The molecule has 0 aromatic heterocycles. The topological polar surface area (TPSA) is 44.8 Å². The van der Waals surface area contributed by atoms with Gasteiger partial charge < -0.3 is 19.9 Å². The van der Waals surface area contributed by atoms with Crippen LogP contribution in [0.4, 0.5) is 0 Å². The minimum Gasteiger partial charge on any atom is -0.375 e. The van der Waals surface area contributed by atoms with Crippen LogP contribution < -0.4 is 5.32 Å². The van der Waals surface area contributed by atoms with E-state index in [0.29, 0.717) is 0 Å². The monoisotopic (exact) mass is 243 g/mol. The standard InChI is InChI=1S/C12H25N3O2/c1-3-14-7-9-15(10-8-14)6-4-5-13-12(16)11-17-2/h3-11H2,1-2H3,(H,13,16). The van der Waals surface area contributed by atoms with Crippen LogP contribution in [0.5, 0.6) is 0 Å². The fourth-order valence-electron chi connectivity index (χ4n) is 2.04. The zero-order valence-corrected chi connectivity index (χ0v) is 11.1. The molecular formula is C12H25N3O2. The number of ether oxygens (including phenoxy) is 1. The maximum Gasteiger partial charge on any atom is 0.245 e. The first kappa shape index (κ1) is 14.4. The van der Waals surface area contributed by atoms with Gasteiger partial charge in [-0.15, -0.1) is 0 Å². The van der Waals surface area contributed by atoms with Crippen molar-refractivity contribution >= 4 is 5.91 Å². The van der Waals surface area contributed by atoms with Gasteiger partial charge in [0, 0.05) is 39.8 Å². The average Bonchev–Trinajstić information content (AvgIpc) is 2.36. The SMILES string of the molecule is CCN1CCN(CCCNC(=O)COC)CC1. The summed E-state index contributed by atoms with van der Waals surface area (Å²) in [5.41, 5.74) is 0. The van der Waals surface area contributed by atoms with Crippen LogP contribution in [-0.2, 0) is 9.53 Å². The van der Waals surface area contributed by atoms with E-state index >= 15 is 0 Å². The number of nitrogens with one attached hydrogen (secondary N) is 1. The molecule has 0 saturated carbocycles. The van der Waals surface area contributed by atoms with E-state index < -0.39 is 0 Å². The fraction of sp³-hybridized carbons (Fsp3) is 0.917. The van der Waals surface area contributed by atoms with Gasteiger partial charge in [0.15, 0.2) is 0 Å². The molecule has 5 nitrogen and oxygen atoms in total. The van der Waals surface area contributed by atoms with Gasteiger partial charge in [-0.05, 0) is 19.5 Å². The Balaban J connectivity index is 1.98. The summed E-state index contributed by atoms with van der Waals surface area (Å²) in [6.07, 6.45) is 1.02.